The number of aliphatic hydroxyl groups excluding tert-OH is 1. The minimum Gasteiger partial charge on any atom is -0.396 e. The highest BCUT2D eigenvalue weighted by Gasteiger charge is 2.41. The van der Waals surface area contributed by atoms with Crippen LogP contribution in [0, 0.1) is 11.3 Å². The van der Waals surface area contributed by atoms with Crippen molar-refractivity contribution in [2.75, 3.05) is 19.7 Å². The predicted octanol–water partition coefficient (Wildman–Crippen LogP) is 2.31. The number of hydrogen-bond donors (Lipinski definition) is 2. The van der Waals surface area contributed by atoms with Crippen molar-refractivity contribution >= 4 is 5.91 Å². The lowest BCUT2D eigenvalue weighted by Gasteiger charge is -2.32. The van der Waals surface area contributed by atoms with Gasteiger partial charge >= 0.3 is 0 Å². The average molecular weight is 308 g/mol. The van der Waals surface area contributed by atoms with Gasteiger partial charge < -0.3 is 10.4 Å². The molecule has 0 aromatic rings. The monoisotopic (exact) mass is 308 g/mol. The van der Waals surface area contributed by atoms with Crippen molar-refractivity contribution in [3.8, 4) is 0 Å². The van der Waals surface area contributed by atoms with E-state index in [1.54, 1.807) is 0 Å². The molecule has 1 saturated heterocycles. The Morgan fingerprint density at radius 3 is 2.68 bits per heavy atom. The zero-order valence-corrected chi connectivity index (χ0v) is 14.0. The molecule has 1 amide bonds. The normalized spacial score (nSPS) is 37.5. The van der Waals surface area contributed by atoms with E-state index in [4.69, 9.17) is 0 Å². The molecule has 1 heterocycles. The van der Waals surface area contributed by atoms with Crippen LogP contribution in [0.1, 0.15) is 64.7 Å². The lowest BCUT2D eigenvalue weighted by atomic mass is 9.85. The fourth-order valence-electron chi connectivity index (χ4n) is 4.74. The highest BCUT2D eigenvalue weighted by Crippen LogP contribution is 2.37. The third-order valence-electron chi connectivity index (χ3n) is 6.44. The Labute approximate surface area is 134 Å². The van der Waals surface area contributed by atoms with Crippen LogP contribution in [0.25, 0.3) is 0 Å². The summed E-state index contributed by atoms with van der Waals surface area (Å²) in [6, 6.07) is 0.884. The summed E-state index contributed by atoms with van der Waals surface area (Å²) < 4.78 is 0. The van der Waals surface area contributed by atoms with E-state index in [0.717, 1.165) is 44.8 Å². The molecule has 1 aliphatic heterocycles. The molecule has 3 unspecified atom stereocenters. The topological polar surface area (TPSA) is 52.6 Å². The molecule has 3 fully saturated rings. The van der Waals surface area contributed by atoms with Crippen LogP contribution in [0.4, 0.5) is 0 Å². The number of nitrogens with zero attached hydrogens (tertiary/aromatic N) is 1. The molecule has 0 aromatic carbocycles. The second kappa shape index (κ2) is 6.88. The maximum Gasteiger partial charge on any atom is 0.224 e. The number of hydrogen-bond acceptors (Lipinski definition) is 3. The van der Waals surface area contributed by atoms with Crippen molar-refractivity contribution in [3.63, 3.8) is 0 Å². The number of nitrogens with one attached hydrogen (secondary N) is 1. The van der Waals surface area contributed by atoms with E-state index in [2.05, 4.69) is 17.1 Å². The average Bonchev–Trinajstić information content (AvgIpc) is 3.17. The van der Waals surface area contributed by atoms with Crippen LogP contribution in [0.3, 0.4) is 0 Å². The van der Waals surface area contributed by atoms with E-state index in [-0.39, 0.29) is 29.9 Å². The number of amides is 1. The van der Waals surface area contributed by atoms with Gasteiger partial charge in [0.1, 0.15) is 0 Å². The third kappa shape index (κ3) is 3.33. The second-order valence-corrected chi connectivity index (χ2v) is 8.04. The fourth-order valence-corrected chi connectivity index (χ4v) is 4.74. The number of likely N-dealkylation sites (tertiary alicyclic amines) is 1. The highest BCUT2D eigenvalue weighted by molar-refractivity contribution is 5.79. The van der Waals surface area contributed by atoms with E-state index in [1.807, 2.05) is 0 Å². The first-order chi connectivity index (χ1) is 10.6. The van der Waals surface area contributed by atoms with Crippen molar-refractivity contribution in [1.29, 1.82) is 0 Å². The van der Waals surface area contributed by atoms with Crippen molar-refractivity contribution in [3.05, 3.63) is 0 Å². The maximum atomic E-state index is 12.6. The summed E-state index contributed by atoms with van der Waals surface area (Å²) in [5.74, 6) is 0.385. The molecule has 0 bridgehead atoms. The minimum absolute atomic E-state index is 0.114. The summed E-state index contributed by atoms with van der Waals surface area (Å²) in [7, 11) is 0. The molecule has 2 aliphatic carbocycles. The lowest BCUT2D eigenvalue weighted by Crippen LogP contribution is -2.47. The van der Waals surface area contributed by atoms with Gasteiger partial charge in [-0.15, -0.1) is 0 Å². The minimum atomic E-state index is -0.114. The molecule has 0 aromatic heterocycles. The van der Waals surface area contributed by atoms with Gasteiger partial charge in [0.25, 0.3) is 0 Å². The van der Waals surface area contributed by atoms with Gasteiger partial charge in [0, 0.05) is 24.0 Å². The molecule has 2 N–H and O–H groups in total. The summed E-state index contributed by atoms with van der Waals surface area (Å²) >= 11 is 0. The first-order valence-corrected chi connectivity index (χ1v) is 9.28. The largest absolute Gasteiger partial charge is 0.396 e. The Morgan fingerprint density at radius 2 is 1.95 bits per heavy atom. The zero-order valence-electron chi connectivity index (χ0n) is 14.0. The van der Waals surface area contributed by atoms with Gasteiger partial charge in [0.05, 0.1) is 12.5 Å². The highest BCUT2D eigenvalue weighted by atomic mass is 16.3. The van der Waals surface area contributed by atoms with Crippen LogP contribution in [0.15, 0.2) is 0 Å². The van der Waals surface area contributed by atoms with E-state index in [9.17, 15) is 9.90 Å². The van der Waals surface area contributed by atoms with Gasteiger partial charge in [-0.25, -0.2) is 0 Å². The van der Waals surface area contributed by atoms with Crippen molar-refractivity contribution in [1.82, 2.24) is 10.2 Å². The quantitative estimate of drug-likeness (QED) is 0.838. The molecule has 2 saturated carbocycles. The predicted molar refractivity (Wildman–Crippen MR) is 87.5 cm³/mol. The molecular formula is C18H32N2O2. The van der Waals surface area contributed by atoms with E-state index < -0.39 is 0 Å². The Hall–Kier alpha value is -0.610. The summed E-state index contributed by atoms with van der Waals surface area (Å²) in [6.07, 6.45) is 10.9. The Balaban J connectivity index is 1.51. The van der Waals surface area contributed by atoms with Crippen molar-refractivity contribution in [2.45, 2.75) is 76.8 Å². The van der Waals surface area contributed by atoms with Gasteiger partial charge in [-0.2, -0.15) is 0 Å². The molecule has 4 nitrogen and oxygen atoms in total. The second-order valence-electron chi connectivity index (χ2n) is 8.04. The van der Waals surface area contributed by atoms with Crippen LogP contribution in [0.5, 0.6) is 0 Å². The Bertz CT molecular complexity index is 395. The first-order valence-electron chi connectivity index (χ1n) is 9.28. The lowest BCUT2D eigenvalue weighted by molar-refractivity contribution is -0.126. The first kappa shape index (κ1) is 16.3. The van der Waals surface area contributed by atoms with Crippen LogP contribution < -0.4 is 5.32 Å². The summed E-state index contributed by atoms with van der Waals surface area (Å²) in [4.78, 5) is 15.2. The molecule has 0 radical (unpaired) electrons. The molecule has 126 valence electrons. The number of aliphatic hydroxyl groups is 1. The SMILES string of the molecule is CC1(CO)CCCC1NC(=O)C1CCN(C2CCCCC2)C1. The van der Waals surface area contributed by atoms with E-state index >= 15 is 0 Å². The van der Waals surface area contributed by atoms with Crippen LogP contribution >= 0.6 is 0 Å². The number of carbonyl (C=O) groups is 1. The molecular weight excluding hydrogens is 276 g/mol. The molecule has 3 rings (SSSR count). The van der Waals surface area contributed by atoms with Gasteiger partial charge in [-0.05, 0) is 38.6 Å². The standard InChI is InChI=1S/C18H32N2O2/c1-18(13-21)10-5-8-16(18)19-17(22)14-9-11-20(12-14)15-6-3-2-4-7-15/h14-16,21H,2-13H2,1H3,(H,19,22). The van der Waals surface area contributed by atoms with Crippen molar-refractivity contribution in [2.24, 2.45) is 11.3 Å². The molecule has 3 aliphatic rings. The van der Waals surface area contributed by atoms with E-state index in [0.29, 0.717) is 0 Å². The van der Waals surface area contributed by atoms with Crippen LogP contribution in [0.2, 0.25) is 0 Å². The smallest absolute Gasteiger partial charge is 0.224 e. The Morgan fingerprint density at radius 1 is 1.18 bits per heavy atom. The van der Waals surface area contributed by atoms with Gasteiger partial charge in [-0.1, -0.05) is 32.6 Å². The third-order valence-corrected chi connectivity index (χ3v) is 6.44. The molecule has 0 spiro atoms. The molecule has 22 heavy (non-hydrogen) atoms. The number of rotatable bonds is 4. The summed E-state index contributed by atoms with van der Waals surface area (Å²) in [5.41, 5.74) is -0.114. The van der Waals surface area contributed by atoms with Gasteiger partial charge in [0.2, 0.25) is 5.91 Å². The molecule has 4 heteroatoms. The summed E-state index contributed by atoms with van der Waals surface area (Å²) in [5, 5.41) is 12.9. The Kier molecular flexibility index (Phi) is 5.08. The van der Waals surface area contributed by atoms with Gasteiger partial charge in [0.15, 0.2) is 0 Å². The van der Waals surface area contributed by atoms with E-state index in [1.165, 1.54) is 32.1 Å². The van der Waals surface area contributed by atoms with Gasteiger partial charge in [-0.3, -0.25) is 9.69 Å². The van der Waals surface area contributed by atoms with Crippen LogP contribution in [-0.4, -0.2) is 47.7 Å². The molecule has 3 atom stereocenters. The summed E-state index contributed by atoms with van der Waals surface area (Å²) in [6.45, 7) is 4.31. The fraction of sp³-hybridized carbons (Fsp3) is 0.944. The van der Waals surface area contributed by atoms with Crippen molar-refractivity contribution < 1.29 is 9.90 Å². The number of carbonyl (C=O) groups excluding carboxylic acids is 1. The maximum absolute atomic E-state index is 12.6. The zero-order chi connectivity index (χ0) is 15.6. The van der Waals surface area contributed by atoms with Crippen LogP contribution in [-0.2, 0) is 4.79 Å².